The minimum absolute atomic E-state index is 0.239. The lowest BCUT2D eigenvalue weighted by molar-refractivity contribution is -0.203. The number of hydrogen-bond donors (Lipinski definition) is 0. The van der Waals surface area contributed by atoms with Crippen LogP contribution >= 0.6 is 0 Å². The van der Waals surface area contributed by atoms with Gasteiger partial charge >= 0.3 is 0 Å². The van der Waals surface area contributed by atoms with E-state index < -0.39 is 35.8 Å². The van der Waals surface area contributed by atoms with Crippen LogP contribution in [0.2, 0.25) is 0 Å². The van der Waals surface area contributed by atoms with Crippen molar-refractivity contribution in [2.75, 3.05) is 20.8 Å². The lowest BCUT2D eigenvalue weighted by Crippen LogP contribution is -2.74. The van der Waals surface area contributed by atoms with E-state index in [0.717, 1.165) is 42.6 Å². The molecule has 3 atom stereocenters. The summed E-state index contributed by atoms with van der Waals surface area (Å²) in [6.45, 7) is 0.539. The molecule has 2 saturated heterocycles. The Hall–Kier alpha value is -3.43. The molecular weight excluding hydrogens is 476 g/mol. The molecule has 2 aromatic carbocycles. The highest BCUT2D eigenvalue weighted by Crippen LogP contribution is 2.44. The number of hydrogen-bond acceptors (Lipinski definition) is 7. The SMILES string of the molecule is COc1ccc(CN2C(=O)[C@H](N3C(=O)c4ccccc4C3=O)[C@@H]2[C@H]2COC3(CCCCC3)O2)c(OC)c1. The van der Waals surface area contributed by atoms with Gasteiger partial charge in [0.1, 0.15) is 23.6 Å². The second kappa shape index (κ2) is 9.15. The molecule has 3 amide bonds. The molecule has 0 radical (unpaired) electrons. The summed E-state index contributed by atoms with van der Waals surface area (Å²) in [4.78, 5) is 43.1. The Morgan fingerprint density at radius 1 is 0.946 bits per heavy atom. The average Bonchev–Trinajstić information content (AvgIpc) is 3.43. The van der Waals surface area contributed by atoms with Gasteiger partial charge in [0.15, 0.2) is 5.79 Å². The van der Waals surface area contributed by atoms with E-state index >= 15 is 0 Å². The van der Waals surface area contributed by atoms with E-state index in [2.05, 4.69) is 0 Å². The molecule has 4 aliphatic rings. The van der Waals surface area contributed by atoms with Gasteiger partial charge in [0.25, 0.3) is 11.8 Å². The van der Waals surface area contributed by atoms with Crippen LogP contribution in [-0.4, -0.2) is 72.3 Å². The molecule has 194 valence electrons. The maximum Gasteiger partial charge on any atom is 0.262 e. The van der Waals surface area contributed by atoms with Crippen LogP contribution in [0.15, 0.2) is 42.5 Å². The van der Waals surface area contributed by atoms with Crippen LogP contribution in [0.1, 0.15) is 58.4 Å². The number of rotatable bonds is 6. The zero-order chi connectivity index (χ0) is 25.7. The highest BCUT2D eigenvalue weighted by atomic mass is 16.7. The summed E-state index contributed by atoms with van der Waals surface area (Å²) in [7, 11) is 3.14. The van der Waals surface area contributed by atoms with Crippen molar-refractivity contribution in [1.29, 1.82) is 0 Å². The van der Waals surface area contributed by atoms with Gasteiger partial charge in [-0.1, -0.05) is 18.6 Å². The number of fused-ring (bicyclic) bond motifs is 1. The number of carbonyl (C=O) groups is 3. The Bertz CT molecular complexity index is 1220. The molecule has 0 unspecified atom stereocenters. The summed E-state index contributed by atoms with van der Waals surface area (Å²) < 4.78 is 23.6. The third kappa shape index (κ3) is 3.79. The maximum atomic E-state index is 13.7. The molecule has 37 heavy (non-hydrogen) atoms. The van der Waals surface area contributed by atoms with E-state index in [0.29, 0.717) is 29.2 Å². The third-order valence-corrected chi connectivity index (χ3v) is 8.03. The van der Waals surface area contributed by atoms with Gasteiger partial charge in [-0.3, -0.25) is 19.3 Å². The van der Waals surface area contributed by atoms with Gasteiger partial charge in [0.05, 0.1) is 38.0 Å². The molecular formula is C28H30N2O7. The summed E-state index contributed by atoms with van der Waals surface area (Å²) in [6.07, 6.45) is 4.31. The number of benzene rings is 2. The molecule has 1 spiro atoms. The molecule has 3 heterocycles. The Labute approximate surface area is 215 Å². The lowest BCUT2D eigenvalue weighted by atomic mass is 9.87. The normalized spacial score (nSPS) is 26.4. The quantitative estimate of drug-likeness (QED) is 0.439. The van der Waals surface area contributed by atoms with Gasteiger partial charge in [-0.15, -0.1) is 0 Å². The zero-order valence-corrected chi connectivity index (χ0v) is 21.0. The molecule has 0 bridgehead atoms. The van der Waals surface area contributed by atoms with E-state index in [9.17, 15) is 14.4 Å². The van der Waals surface area contributed by atoms with Crippen LogP contribution in [-0.2, 0) is 20.8 Å². The summed E-state index contributed by atoms with van der Waals surface area (Å²) in [5, 5.41) is 0. The Morgan fingerprint density at radius 2 is 1.65 bits per heavy atom. The predicted molar refractivity (Wildman–Crippen MR) is 131 cm³/mol. The standard InChI is InChI=1S/C28H30N2O7/c1-34-18-11-10-17(21(14-18)35-2)15-29-23(22-16-36-28(37-22)12-6-3-7-13-28)24(27(29)33)30-25(31)19-8-4-5-9-20(19)26(30)32/h4-5,8-11,14,22-24H,3,6-7,12-13,15-16H2,1-2H3/t22-,23+,24-/m1/s1. The smallest absolute Gasteiger partial charge is 0.262 e. The van der Waals surface area contributed by atoms with Crippen molar-refractivity contribution in [2.45, 2.75) is 62.6 Å². The van der Waals surface area contributed by atoms with Crippen LogP contribution in [0.25, 0.3) is 0 Å². The van der Waals surface area contributed by atoms with Crippen molar-refractivity contribution in [2.24, 2.45) is 0 Å². The van der Waals surface area contributed by atoms with Crippen LogP contribution in [0.5, 0.6) is 11.5 Å². The van der Waals surface area contributed by atoms with E-state index in [1.54, 1.807) is 49.5 Å². The van der Waals surface area contributed by atoms with Gasteiger partial charge in [-0.05, 0) is 37.1 Å². The second-order valence-corrected chi connectivity index (χ2v) is 10.0. The van der Waals surface area contributed by atoms with Crippen molar-refractivity contribution >= 4 is 17.7 Å². The maximum absolute atomic E-state index is 13.7. The monoisotopic (exact) mass is 506 g/mol. The second-order valence-electron chi connectivity index (χ2n) is 10.0. The van der Waals surface area contributed by atoms with Crippen LogP contribution < -0.4 is 9.47 Å². The third-order valence-electron chi connectivity index (χ3n) is 8.03. The van der Waals surface area contributed by atoms with E-state index in [1.165, 1.54) is 0 Å². The fraction of sp³-hybridized carbons (Fsp3) is 0.464. The van der Waals surface area contributed by atoms with Crippen molar-refractivity contribution in [3.8, 4) is 11.5 Å². The number of methoxy groups -OCH3 is 2. The fourth-order valence-corrected chi connectivity index (χ4v) is 6.13. The predicted octanol–water partition coefficient (Wildman–Crippen LogP) is 3.16. The lowest BCUT2D eigenvalue weighted by Gasteiger charge is -2.51. The van der Waals surface area contributed by atoms with Crippen molar-refractivity contribution in [1.82, 2.24) is 9.80 Å². The van der Waals surface area contributed by atoms with Gasteiger partial charge in [-0.2, -0.15) is 0 Å². The molecule has 3 fully saturated rings. The minimum Gasteiger partial charge on any atom is -0.497 e. The van der Waals surface area contributed by atoms with Crippen LogP contribution in [0.3, 0.4) is 0 Å². The highest BCUT2D eigenvalue weighted by molar-refractivity contribution is 6.23. The number of imide groups is 1. The number of amides is 3. The summed E-state index contributed by atoms with van der Waals surface area (Å²) in [6, 6.07) is 10.6. The number of ether oxygens (including phenoxy) is 4. The summed E-state index contributed by atoms with van der Waals surface area (Å²) in [5.74, 6) is -0.623. The van der Waals surface area contributed by atoms with Gasteiger partial charge in [0.2, 0.25) is 5.91 Å². The number of likely N-dealkylation sites (tertiary alicyclic amines) is 1. The van der Waals surface area contributed by atoms with E-state index in [4.69, 9.17) is 18.9 Å². The minimum atomic E-state index is -0.955. The van der Waals surface area contributed by atoms with Crippen molar-refractivity contribution in [3.63, 3.8) is 0 Å². The summed E-state index contributed by atoms with van der Waals surface area (Å²) in [5.41, 5.74) is 1.43. The first-order chi connectivity index (χ1) is 18.0. The Kier molecular flexibility index (Phi) is 5.92. The molecule has 9 nitrogen and oxygen atoms in total. The van der Waals surface area contributed by atoms with Gasteiger partial charge in [0, 0.05) is 31.0 Å². The number of carbonyl (C=O) groups excluding carboxylic acids is 3. The van der Waals surface area contributed by atoms with Crippen LogP contribution in [0, 0.1) is 0 Å². The fourth-order valence-electron chi connectivity index (χ4n) is 6.13. The van der Waals surface area contributed by atoms with Crippen LogP contribution in [0.4, 0.5) is 0 Å². The molecule has 6 rings (SSSR count). The molecule has 1 saturated carbocycles. The first kappa shape index (κ1) is 23.9. The molecule has 0 aromatic heterocycles. The van der Waals surface area contributed by atoms with E-state index in [1.807, 2.05) is 12.1 Å². The first-order valence-corrected chi connectivity index (χ1v) is 12.8. The topological polar surface area (TPSA) is 94.6 Å². The van der Waals surface area contributed by atoms with E-state index in [-0.39, 0.29) is 12.5 Å². The Balaban J connectivity index is 1.32. The van der Waals surface area contributed by atoms with Crippen molar-refractivity contribution < 1.29 is 33.3 Å². The molecule has 3 aliphatic heterocycles. The van der Waals surface area contributed by atoms with Gasteiger partial charge < -0.3 is 23.8 Å². The molecule has 9 heteroatoms. The molecule has 0 N–H and O–H groups in total. The number of β-lactam (4-membered cyclic amide) rings is 1. The highest BCUT2D eigenvalue weighted by Gasteiger charge is 2.61. The van der Waals surface area contributed by atoms with Crippen molar-refractivity contribution in [3.05, 3.63) is 59.2 Å². The zero-order valence-electron chi connectivity index (χ0n) is 21.0. The summed E-state index contributed by atoms with van der Waals surface area (Å²) >= 11 is 0. The molecule has 2 aromatic rings. The average molecular weight is 507 g/mol. The van der Waals surface area contributed by atoms with Gasteiger partial charge in [-0.25, -0.2) is 0 Å². The first-order valence-electron chi connectivity index (χ1n) is 12.8. The largest absolute Gasteiger partial charge is 0.497 e. The Morgan fingerprint density at radius 3 is 2.30 bits per heavy atom. The number of nitrogens with zero attached hydrogens (tertiary/aromatic N) is 2. The molecule has 1 aliphatic carbocycles.